The minimum Gasteiger partial charge on any atom is -0.308 e. The summed E-state index contributed by atoms with van der Waals surface area (Å²) in [5.41, 5.74) is 13.3. The highest BCUT2D eigenvalue weighted by atomic mass is 15.2. The van der Waals surface area contributed by atoms with E-state index >= 15 is 0 Å². The summed E-state index contributed by atoms with van der Waals surface area (Å²) in [7, 11) is 0. The van der Waals surface area contributed by atoms with E-state index < -0.39 is 0 Å². The first-order valence-electron chi connectivity index (χ1n) is 24.1. The molecular formula is C66H42N4. The lowest BCUT2D eigenvalue weighted by molar-refractivity contribution is 1.05. The number of para-hydroxylation sites is 5. The molecule has 70 heavy (non-hydrogen) atoms. The van der Waals surface area contributed by atoms with Gasteiger partial charge in [-0.3, -0.25) is 0 Å². The van der Waals surface area contributed by atoms with Crippen LogP contribution in [0.5, 0.6) is 0 Å². The molecule has 0 atom stereocenters. The summed E-state index contributed by atoms with van der Waals surface area (Å²) < 4.78 is 7.80. The first-order valence-corrected chi connectivity index (χ1v) is 24.1. The Kier molecular flexibility index (Phi) is 8.33. The highest BCUT2D eigenvalue weighted by Gasteiger charge is 2.31. The normalized spacial score (nSPS) is 12.0. The van der Waals surface area contributed by atoms with Crippen molar-refractivity contribution in [2.45, 2.75) is 0 Å². The predicted octanol–water partition coefficient (Wildman–Crippen LogP) is 17.9. The van der Waals surface area contributed by atoms with Gasteiger partial charge in [-0.05, 0) is 70.8 Å². The van der Waals surface area contributed by atoms with E-state index in [-0.39, 0.29) is 0 Å². The van der Waals surface area contributed by atoms with Crippen LogP contribution in [-0.2, 0) is 0 Å². The summed E-state index contributed by atoms with van der Waals surface area (Å²) in [6.07, 6.45) is 0. The van der Waals surface area contributed by atoms with Gasteiger partial charge in [0.25, 0.3) is 0 Å². The summed E-state index contributed by atoms with van der Waals surface area (Å²) in [4.78, 5) is 2.46. The lowest BCUT2D eigenvalue weighted by Gasteiger charge is -2.31. The topological polar surface area (TPSA) is 18.0 Å². The van der Waals surface area contributed by atoms with Crippen molar-refractivity contribution in [3.05, 3.63) is 255 Å². The van der Waals surface area contributed by atoms with Gasteiger partial charge < -0.3 is 18.6 Å². The van der Waals surface area contributed by atoms with E-state index in [4.69, 9.17) is 0 Å². The molecule has 12 aromatic carbocycles. The van der Waals surface area contributed by atoms with Crippen LogP contribution < -0.4 is 4.90 Å². The molecule has 4 heteroatoms. The minimum atomic E-state index is 1.04. The fourth-order valence-corrected chi connectivity index (χ4v) is 11.8. The van der Waals surface area contributed by atoms with Gasteiger partial charge in [0.15, 0.2) is 0 Å². The number of benzene rings is 12. The molecule has 0 aliphatic rings. The lowest BCUT2D eigenvalue weighted by Crippen LogP contribution is -2.17. The molecule has 0 fully saturated rings. The molecule has 0 aliphatic heterocycles. The van der Waals surface area contributed by atoms with Gasteiger partial charge >= 0.3 is 0 Å². The number of nitrogens with zero attached hydrogens (tertiary/aromatic N) is 4. The fraction of sp³-hybridized carbons (Fsp3) is 0. The van der Waals surface area contributed by atoms with Crippen molar-refractivity contribution < 1.29 is 0 Å². The molecule has 3 aromatic heterocycles. The van der Waals surface area contributed by atoms with E-state index in [0.717, 1.165) is 50.7 Å². The molecule has 4 nitrogen and oxygen atoms in total. The van der Waals surface area contributed by atoms with Crippen LogP contribution in [-0.4, -0.2) is 13.7 Å². The number of hydrogen-bond donors (Lipinski definition) is 0. The molecule has 0 bridgehead atoms. The van der Waals surface area contributed by atoms with Crippen molar-refractivity contribution in [1.29, 1.82) is 0 Å². The Bertz CT molecular complexity index is 4550. The highest BCUT2D eigenvalue weighted by Crippen LogP contribution is 2.50. The van der Waals surface area contributed by atoms with E-state index in [9.17, 15) is 0 Å². The van der Waals surface area contributed by atoms with Crippen LogP contribution in [0.1, 0.15) is 0 Å². The van der Waals surface area contributed by atoms with E-state index in [1.807, 2.05) is 0 Å². The zero-order chi connectivity index (χ0) is 45.9. The van der Waals surface area contributed by atoms with Gasteiger partial charge in [0, 0.05) is 59.9 Å². The third-order valence-corrected chi connectivity index (χ3v) is 14.7. The van der Waals surface area contributed by atoms with Crippen LogP contribution in [0, 0.1) is 0 Å². The third kappa shape index (κ3) is 5.47. The predicted molar refractivity (Wildman–Crippen MR) is 297 cm³/mol. The first-order chi connectivity index (χ1) is 34.8. The quantitative estimate of drug-likeness (QED) is 0.163. The lowest BCUT2D eigenvalue weighted by atomic mass is 10.0. The maximum absolute atomic E-state index is 2.62. The second-order valence-corrected chi connectivity index (χ2v) is 18.4. The zero-order valence-corrected chi connectivity index (χ0v) is 38.0. The van der Waals surface area contributed by atoms with Gasteiger partial charge in [-0.15, -0.1) is 0 Å². The largest absolute Gasteiger partial charge is 0.308 e. The van der Waals surface area contributed by atoms with Crippen molar-refractivity contribution in [2.24, 2.45) is 0 Å². The molecule has 15 rings (SSSR count). The summed E-state index contributed by atoms with van der Waals surface area (Å²) in [5, 5.41) is 14.4. The zero-order valence-electron chi connectivity index (χ0n) is 38.0. The smallest absolute Gasteiger partial charge is 0.0969 e. The first kappa shape index (κ1) is 38.7. The Morgan fingerprint density at radius 3 is 1.01 bits per heavy atom. The van der Waals surface area contributed by atoms with Gasteiger partial charge in [0.2, 0.25) is 0 Å². The van der Waals surface area contributed by atoms with Gasteiger partial charge in [-0.1, -0.05) is 200 Å². The van der Waals surface area contributed by atoms with Crippen LogP contribution in [0.25, 0.3) is 115 Å². The Balaban J connectivity index is 1.27. The highest BCUT2D eigenvalue weighted by molar-refractivity contribution is 6.23. The Morgan fingerprint density at radius 2 is 0.571 bits per heavy atom. The van der Waals surface area contributed by atoms with Crippen molar-refractivity contribution in [3.8, 4) is 17.1 Å². The van der Waals surface area contributed by atoms with Crippen molar-refractivity contribution >= 4 is 115 Å². The number of anilines is 3. The molecule has 0 unspecified atom stereocenters. The molecule has 326 valence electrons. The van der Waals surface area contributed by atoms with Crippen molar-refractivity contribution in [3.63, 3.8) is 0 Å². The second kappa shape index (κ2) is 15.1. The van der Waals surface area contributed by atoms with E-state index in [2.05, 4.69) is 273 Å². The SMILES string of the molecule is c1ccc(N(c2ccccc2)c2ccc(-n3c4ccccc4c4ccc5ccccc5c43)c(-n3c4ccccc4c4ccc5ccccc5c43)c2-n2c3ccccc3c3ccc4ccccc4c32)cc1. The van der Waals surface area contributed by atoms with Crippen molar-refractivity contribution in [1.82, 2.24) is 13.7 Å². The number of fused-ring (bicyclic) bond motifs is 15. The summed E-state index contributed by atoms with van der Waals surface area (Å²) in [6.45, 7) is 0. The number of aromatic nitrogens is 3. The molecule has 0 amide bonds. The van der Waals surface area contributed by atoms with Crippen LogP contribution in [0.15, 0.2) is 255 Å². The van der Waals surface area contributed by atoms with Crippen molar-refractivity contribution in [2.75, 3.05) is 4.90 Å². The van der Waals surface area contributed by atoms with Gasteiger partial charge in [-0.25, -0.2) is 0 Å². The third-order valence-electron chi connectivity index (χ3n) is 14.7. The van der Waals surface area contributed by atoms with Gasteiger partial charge in [0.05, 0.1) is 55.8 Å². The van der Waals surface area contributed by atoms with E-state index in [1.165, 1.54) is 81.2 Å². The standard InChI is InChI=1S/C66H42N4/c1-3-22-46(23-4-1)67(47-24-5-2-6-25-47)60-41-42-61(68-57-32-16-13-29-51(57)54-38-35-43-19-7-10-26-48(43)62(54)68)66(70-59-34-18-15-31-53(59)56-40-37-45-21-9-12-28-50(45)64(56)70)65(60)69-58-33-17-14-30-52(58)55-39-36-44-20-8-11-27-49(44)63(55)69/h1-42H. The Hall–Kier alpha value is -9.38. The molecular weight excluding hydrogens is 849 g/mol. The summed E-state index contributed by atoms with van der Waals surface area (Å²) >= 11 is 0. The average Bonchev–Trinajstić information content (AvgIpc) is 4.08. The molecule has 0 aliphatic carbocycles. The molecule has 0 spiro atoms. The Labute approximate surface area is 403 Å². The van der Waals surface area contributed by atoms with Gasteiger partial charge in [0.1, 0.15) is 0 Å². The van der Waals surface area contributed by atoms with Crippen LogP contribution in [0.2, 0.25) is 0 Å². The molecule has 3 heterocycles. The summed E-state index contributed by atoms with van der Waals surface area (Å²) in [5.74, 6) is 0. The van der Waals surface area contributed by atoms with Crippen LogP contribution in [0.4, 0.5) is 17.1 Å². The van der Waals surface area contributed by atoms with Crippen LogP contribution >= 0.6 is 0 Å². The number of hydrogen-bond acceptors (Lipinski definition) is 1. The molecule has 15 aromatic rings. The Morgan fingerprint density at radius 1 is 0.229 bits per heavy atom. The van der Waals surface area contributed by atoms with E-state index in [0.29, 0.717) is 0 Å². The monoisotopic (exact) mass is 890 g/mol. The maximum Gasteiger partial charge on any atom is 0.0969 e. The number of rotatable bonds is 6. The average molecular weight is 891 g/mol. The van der Waals surface area contributed by atoms with E-state index in [1.54, 1.807) is 0 Å². The fourth-order valence-electron chi connectivity index (χ4n) is 11.8. The maximum atomic E-state index is 2.62. The minimum absolute atomic E-state index is 1.04. The molecule has 0 radical (unpaired) electrons. The summed E-state index contributed by atoms with van der Waals surface area (Å²) in [6, 6.07) is 94.0. The molecule has 0 saturated carbocycles. The molecule has 0 saturated heterocycles. The van der Waals surface area contributed by atoms with Gasteiger partial charge in [-0.2, -0.15) is 0 Å². The second-order valence-electron chi connectivity index (χ2n) is 18.4. The van der Waals surface area contributed by atoms with Crippen LogP contribution in [0.3, 0.4) is 0 Å². The molecule has 0 N–H and O–H groups in total.